The van der Waals surface area contributed by atoms with Gasteiger partial charge in [-0.05, 0) is 20.0 Å². The van der Waals surface area contributed by atoms with Crippen molar-refractivity contribution in [2.75, 3.05) is 20.1 Å². The fourth-order valence-corrected chi connectivity index (χ4v) is 2.84. The molecule has 1 heterocycles. The Morgan fingerprint density at radius 3 is 2.81 bits per heavy atom. The molecule has 5 heteroatoms. The maximum Gasteiger partial charge on any atom is 0.220 e. The van der Waals surface area contributed by atoms with Crippen molar-refractivity contribution < 1.29 is 4.79 Å². The largest absolute Gasteiger partial charge is 0.356 e. The Morgan fingerprint density at radius 2 is 2.05 bits per heavy atom. The maximum absolute atomic E-state index is 11.6. The summed E-state index contributed by atoms with van der Waals surface area (Å²) in [7, 11) is 1.89. The molecule has 112 valence electrons. The van der Waals surface area contributed by atoms with Crippen LogP contribution in [-0.4, -0.2) is 31.0 Å². The SMILES string of the molecule is CNCCCC(=O)NCCc1csc(-c2ccccc2)n1. The van der Waals surface area contributed by atoms with Crippen LogP contribution in [0.4, 0.5) is 0 Å². The molecule has 2 rings (SSSR count). The van der Waals surface area contributed by atoms with Crippen molar-refractivity contribution in [2.45, 2.75) is 19.3 Å². The number of benzene rings is 1. The monoisotopic (exact) mass is 303 g/mol. The molecule has 0 aliphatic heterocycles. The van der Waals surface area contributed by atoms with E-state index in [0.29, 0.717) is 13.0 Å². The van der Waals surface area contributed by atoms with Crippen molar-refractivity contribution in [3.05, 3.63) is 41.4 Å². The lowest BCUT2D eigenvalue weighted by Crippen LogP contribution is -2.26. The lowest BCUT2D eigenvalue weighted by molar-refractivity contribution is -0.121. The molecule has 0 saturated heterocycles. The fraction of sp³-hybridized carbons (Fsp3) is 0.375. The van der Waals surface area contributed by atoms with E-state index in [1.165, 1.54) is 0 Å². The summed E-state index contributed by atoms with van der Waals surface area (Å²) >= 11 is 1.65. The molecule has 21 heavy (non-hydrogen) atoms. The van der Waals surface area contributed by atoms with Gasteiger partial charge in [0.2, 0.25) is 5.91 Å². The standard InChI is InChI=1S/C16H21N3OS/c1-17-10-5-8-15(20)18-11-9-14-12-21-16(19-14)13-6-3-2-4-7-13/h2-4,6-7,12,17H,5,8-11H2,1H3,(H,18,20). The smallest absolute Gasteiger partial charge is 0.220 e. The Labute approximate surface area is 129 Å². The Hall–Kier alpha value is -1.72. The third kappa shape index (κ3) is 5.28. The van der Waals surface area contributed by atoms with Crippen molar-refractivity contribution in [2.24, 2.45) is 0 Å². The Morgan fingerprint density at radius 1 is 1.24 bits per heavy atom. The predicted molar refractivity (Wildman–Crippen MR) is 87.4 cm³/mol. The van der Waals surface area contributed by atoms with Crippen LogP contribution in [0.15, 0.2) is 35.7 Å². The zero-order valence-electron chi connectivity index (χ0n) is 12.3. The average molecular weight is 303 g/mol. The number of hydrogen-bond acceptors (Lipinski definition) is 4. The number of hydrogen-bond donors (Lipinski definition) is 2. The van der Waals surface area contributed by atoms with Crippen LogP contribution in [0, 0.1) is 0 Å². The van der Waals surface area contributed by atoms with E-state index in [4.69, 9.17) is 0 Å². The Kier molecular flexibility index (Phi) is 6.37. The molecular weight excluding hydrogens is 282 g/mol. The van der Waals surface area contributed by atoms with Crippen LogP contribution in [0.3, 0.4) is 0 Å². The van der Waals surface area contributed by atoms with Crippen LogP contribution in [-0.2, 0) is 11.2 Å². The van der Waals surface area contributed by atoms with E-state index in [9.17, 15) is 4.79 Å². The fourth-order valence-electron chi connectivity index (χ4n) is 1.98. The van der Waals surface area contributed by atoms with Crippen LogP contribution >= 0.6 is 11.3 Å². The van der Waals surface area contributed by atoms with E-state index < -0.39 is 0 Å². The van der Waals surface area contributed by atoms with Crippen LogP contribution < -0.4 is 10.6 Å². The Balaban J connectivity index is 1.75. The highest BCUT2D eigenvalue weighted by molar-refractivity contribution is 7.13. The van der Waals surface area contributed by atoms with E-state index >= 15 is 0 Å². The van der Waals surface area contributed by atoms with Gasteiger partial charge < -0.3 is 10.6 Å². The van der Waals surface area contributed by atoms with Gasteiger partial charge in [-0.25, -0.2) is 4.98 Å². The summed E-state index contributed by atoms with van der Waals surface area (Å²) in [4.78, 5) is 16.2. The molecule has 0 fully saturated rings. The molecule has 0 saturated carbocycles. The summed E-state index contributed by atoms with van der Waals surface area (Å²) in [5.41, 5.74) is 2.18. The highest BCUT2D eigenvalue weighted by Gasteiger charge is 2.05. The van der Waals surface area contributed by atoms with Crippen LogP contribution in [0.2, 0.25) is 0 Å². The minimum Gasteiger partial charge on any atom is -0.356 e. The molecule has 1 aromatic heterocycles. The molecule has 0 aliphatic carbocycles. The van der Waals surface area contributed by atoms with Gasteiger partial charge in [-0.15, -0.1) is 11.3 Å². The van der Waals surface area contributed by atoms with Crippen molar-refractivity contribution in [1.29, 1.82) is 0 Å². The van der Waals surface area contributed by atoms with E-state index in [0.717, 1.165) is 35.7 Å². The van der Waals surface area contributed by atoms with Crippen LogP contribution in [0.1, 0.15) is 18.5 Å². The number of amides is 1. The second kappa shape index (κ2) is 8.54. The molecule has 1 aromatic carbocycles. The van der Waals surface area contributed by atoms with Crippen molar-refractivity contribution >= 4 is 17.2 Å². The minimum atomic E-state index is 0.115. The normalized spacial score (nSPS) is 10.5. The quantitative estimate of drug-likeness (QED) is 0.737. The predicted octanol–water partition coefficient (Wildman–Crippen LogP) is 2.47. The number of carbonyl (C=O) groups is 1. The third-order valence-electron chi connectivity index (χ3n) is 3.11. The van der Waals surface area contributed by atoms with Gasteiger partial charge in [-0.3, -0.25) is 4.79 Å². The number of rotatable bonds is 8. The Bertz CT molecular complexity index is 554. The van der Waals surface area contributed by atoms with Gasteiger partial charge in [0, 0.05) is 30.3 Å². The topological polar surface area (TPSA) is 54.0 Å². The number of nitrogens with zero attached hydrogens (tertiary/aromatic N) is 1. The molecule has 0 bridgehead atoms. The van der Waals surface area contributed by atoms with E-state index in [1.54, 1.807) is 11.3 Å². The maximum atomic E-state index is 11.6. The highest BCUT2D eigenvalue weighted by Crippen LogP contribution is 2.23. The first kappa shape index (κ1) is 15.7. The van der Waals surface area contributed by atoms with Crippen molar-refractivity contribution in [1.82, 2.24) is 15.6 Å². The summed E-state index contributed by atoms with van der Waals surface area (Å²) < 4.78 is 0. The molecule has 1 amide bonds. The van der Waals surface area contributed by atoms with Crippen LogP contribution in [0.5, 0.6) is 0 Å². The lowest BCUT2D eigenvalue weighted by atomic mass is 10.2. The number of aromatic nitrogens is 1. The summed E-state index contributed by atoms with van der Waals surface area (Å²) in [5, 5.41) is 9.07. The summed E-state index contributed by atoms with van der Waals surface area (Å²) in [6, 6.07) is 10.2. The number of carbonyl (C=O) groups excluding carboxylic acids is 1. The second-order valence-corrected chi connectivity index (χ2v) is 5.68. The lowest BCUT2D eigenvalue weighted by Gasteiger charge is -2.03. The zero-order valence-corrected chi connectivity index (χ0v) is 13.1. The molecule has 0 aliphatic rings. The molecule has 2 aromatic rings. The molecule has 0 unspecified atom stereocenters. The van der Waals surface area contributed by atoms with Gasteiger partial charge in [0.15, 0.2) is 0 Å². The number of thiazole rings is 1. The molecular formula is C16H21N3OS. The zero-order chi connectivity index (χ0) is 14.9. The third-order valence-corrected chi connectivity index (χ3v) is 4.05. The van der Waals surface area contributed by atoms with E-state index in [2.05, 4.69) is 33.1 Å². The first-order valence-electron chi connectivity index (χ1n) is 7.20. The van der Waals surface area contributed by atoms with Gasteiger partial charge in [0.05, 0.1) is 5.69 Å². The first-order chi connectivity index (χ1) is 10.3. The molecule has 0 spiro atoms. The van der Waals surface area contributed by atoms with E-state index in [-0.39, 0.29) is 5.91 Å². The molecule has 2 N–H and O–H groups in total. The summed E-state index contributed by atoms with van der Waals surface area (Å²) in [6.07, 6.45) is 2.23. The first-order valence-corrected chi connectivity index (χ1v) is 8.08. The second-order valence-electron chi connectivity index (χ2n) is 4.82. The van der Waals surface area contributed by atoms with Crippen LogP contribution in [0.25, 0.3) is 10.6 Å². The van der Waals surface area contributed by atoms with Gasteiger partial charge in [-0.1, -0.05) is 30.3 Å². The molecule has 0 radical (unpaired) electrons. The van der Waals surface area contributed by atoms with Crippen molar-refractivity contribution in [3.63, 3.8) is 0 Å². The molecule has 0 atom stereocenters. The van der Waals surface area contributed by atoms with Crippen molar-refractivity contribution in [3.8, 4) is 10.6 Å². The van der Waals surface area contributed by atoms with Gasteiger partial charge in [0.1, 0.15) is 5.01 Å². The highest BCUT2D eigenvalue weighted by atomic mass is 32.1. The molecule has 4 nitrogen and oxygen atoms in total. The minimum absolute atomic E-state index is 0.115. The summed E-state index contributed by atoms with van der Waals surface area (Å²) in [5.74, 6) is 0.115. The summed E-state index contributed by atoms with van der Waals surface area (Å²) in [6.45, 7) is 1.52. The number of nitrogens with one attached hydrogen (secondary N) is 2. The average Bonchev–Trinajstić information content (AvgIpc) is 2.97. The van der Waals surface area contributed by atoms with Gasteiger partial charge >= 0.3 is 0 Å². The van der Waals surface area contributed by atoms with E-state index in [1.807, 2.05) is 25.2 Å². The van der Waals surface area contributed by atoms with Gasteiger partial charge in [-0.2, -0.15) is 0 Å². The van der Waals surface area contributed by atoms with Gasteiger partial charge in [0.25, 0.3) is 0 Å².